The molecule has 20 heavy (non-hydrogen) atoms. The molecular formula is C16H12ClNOS. The Hall–Kier alpha value is -1.58. The van der Waals surface area contributed by atoms with Crippen LogP contribution in [-0.4, -0.2) is 11.6 Å². The zero-order valence-electron chi connectivity index (χ0n) is 10.7. The fourth-order valence-electron chi connectivity index (χ4n) is 2.68. The fourth-order valence-corrected chi connectivity index (χ4v) is 3.60. The van der Waals surface area contributed by atoms with Crippen LogP contribution in [0.5, 0.6) is 5.75 Å². The molecule has 0 aliphatic carbocycles. The molecule has 1 aromatic carbocycles. The predicted molar refractivity (Wildman–Crippen MR) is 83.9 cm³/mol. The van der Waals surface area contributed by atoms with Crippen LogP contribution in [-0.2, 0) is 6.42 Å². The molecular weight excluding hydrogens is 290 g/mol. The number of thiophene rings is 1. The lowest BCUT2D eigenvalue weighted by Crippen LogP contribution is -2.11. The van der Waals surface area contributed by atoms with E-state index in [1.54, 1.807) is 11.3 Å². The number of rotatable bonds is 1. The summed E-state index contributed by atoms with van der Waals surface area (Å²) in [5, 5.41) is 3.83. The lowest BCUT2D eigenvalue weighted by atomic mass is 10.00. The molecule has 0 amide bonds. The second kappa shape index (κ2) is 4.76. The Bertz CT molecular complexity index is 783. The zero-order chi connectivity index (χ0) is 13.5. The number of nitrogens with zero attached hydrogens (tertiary/aromatic N) is 1. The fraction of sp³-hybridized carbons (Fsp3) is 0.188. The predicted octanol–water partition coefficient (Wildman–Crippen LogP) is 4.94. The summed E-state index contributed by atoms with van der Waals surface area (Å²) in [6, 6.07) is 9.97. The van der Waals surface area contributed by atoms with Crippen LogP contribution in [0.25, 0.3) is 21.5 Å². The molecule has 2 aromatic heterocycles. The minimum Gasteiger partial charge on any atom is -0.492 e. The van der Waals surface area contributed by atoms with Gasteiger partial charge in [-0.3, -0.25) is 0 Å². The van der Waals surface area contributed by atoms with Crippen molar-refractivity contribution >= 4 is 33.8 Å². The maximum Gasteiger partial charge on any atom is 0.134 e. The Labute approximate surface area is 126 Å². The van der Waals surface area contributed by atoms with Crippen molar-refractivity contribution in [1.29, 1.82) is 0 Å². The van der Waals surface area contributed by atoms with E-state index in [0.29, 0.717) is 0 Å². The number of hydrogen-bond donors (Lipinski definition) is 0. The third-order valence-electron chi connectivity index (χ3n) is 3.57. The average Bonchev–Trinajstić information content (AvgIpc) is 3.01. The quantitative estimate of drug-likeness (QED) is 0.635. The van der Waals surface area contributed by atoms with Gasteiger partial charge in [-0.25, -0.2) is 4.98 Å². The van der Waals surface area contributed by atoms with Gasteiger partial charge in [0.15, 0.2) is 0 Å². The second-order valence-electron chi connectivity index (χ2n) is 4.86. The normalized spacial score (nSPS) is 14.1. The van der Waals surface area contributed by atoms with E-state index in [4.69, 9.17) is 21.3 Å². The van der Waals surface area contributed by atoms with Crippen molar-refractivity contribution in [3.8, 4) is 16.3 Å². The Kier molecular flexibility index (Phi) is 2.90. The van der Waals surface area contributed by atoms with Crippen molar-refractivity contribution in [2.75, 3.05) is 6.61 Å². The van der Waals surface area contributed by atoms with Crippen LogP contribution < -0.4 is 4.74 Å². The molecule has 0 saturated carbocycles. The first-order chi connectivity index (χ1) is 9.83. The highest BCUT2D eigenvalue weighted by Gasteiger charge is 2.21. The monoisotopic (exact) mass is 301 g/mol. The van der Waals surface area contributed by atoms with E-state index >= 15 is 0 Å². The number of aromatic nitrogens is 1. The molecule has 0 atom stereocenters. The molecule has 0 radical (unpaired) electrons. The highest BCUT2D eigenvalue weighted by Crippen LogP contribution is 2.40. The molecule has 0 spiro atoms. The summed E-state index contributed by atoms with van der Waals surface area (Å²) in [6.45, 7) is 0.766. The van der Waals surface area contributed by atoms with Crippen LogP contribution in [0.2, 0.25) is 5.02 Å². The molecule has 0 saturated heterocycles. The Morgan fingerprint density at radius 3 is 3.05 bits per heavy atom. The summed E-state index contributed by atoms with van der Waals surface area (Å²) in [5.41, 5.74) is 3.22. The van der Waals surface area contributed by atoms with E-state index in [9.17, 15) is 0 Å². The van der Waals surface area contributed by atoms with Gasteiger partial charge < -0.3 is 4.74 Å². The Balaban J connectivity index is 2.08. The van der Waals surface area contributed by atoms with Gasteiger partial charge in [-0.15, -0.1) is 11.3 Å². The molecule has 0 N–H and O–H groups in total. The first-order valence-electron chi connectivity index (χ1n) is 6.62. The number of ether oxygens (including phenoxy) is 1. The van der Waals surface area contributed by atoms with Gasteiger partial charge in [0.2, 0.25) is 0 Å². The highest BCUT2D eigenvalue weighted by atomic mass is 35.5. The third kappa shape index (κ3) is 1.89. The van der Waals surface area contributed by atoms with Crippen molar-refractivity contribution in [3.63, 3.8) is 0 Å². The van der Waals surface area contributed by atoms with E-state index in [0.717, 1.165) is 46.8 Å². The summed E-state index contributed by atoms with van der Waals surface area (Å²) >= 11 is 7.84. The van der Waals surface area contributed by atoms with Crippen LogP contribution in [0.3, 0.4) is 0 Å². The van der Waals surface area contributed by atoms with Gasteiger partial charge in [-0.1, -0.05) is 17.7 Å². The highest BCUT2D eigenvalue weighted by molar-refractivity contribution is 7.13. The van der Waals surface area contributed by atoms with E-state index in [1.165, 1.54) is 10.4 Å². The first-order valence-corrected chi connectivity index (χ1v) is 7.87. The molecule has 1 aliphatic rings. The molecule has 3 heterocycles. The summed E-state index contributed by atoms with van der Waals surface area (Å²) in [4.78, 5) is 6.04. The average molecular weight is 302 g/mol. The Morgan fingerprint density at radius 1 is 1.25 bits per heavy atom. The number of benzene rings is 1. The molecule has 3 aromatic rings. The van der Waals surface area contributed by atoms with Crippen LogP contribution in [0.4, 0.5) is 0 Å². The van der Waals surface area contributed by atoms with E-state index in [-0.39, 0.29) is 0 Å². The Morgan fingerprint density at radius 2 is 2.20 bits per heavy atom. The zero-order valence-corrected chi connectivity index (χ0v) is 12.3. The second-order valence-corrected chi connectivity index (χ2v) is 6.24. The minimum absolute atomic E-state index is 0.722. The van der Waals surface area contributed by atoms with Crippen molar-refractivity contribution in [2.45, 2.75) is 12.8 Å². The largest absolute Gasteiger partial charge is 0.492 e. The van der Waals surface area contributed by atoms with Crippen LogP contribution in [0, 0.1) is 0 Å². The lowest BCUT2D eigenvalue weighted by Gasteiger charge is -2.21. The SMILES string of the molecule is Clc1ccc2nc(-c3cccs3)c3c(c2c1)OCCC3. The summed E-state index contributed by atoms with van der Waals surface area (Å²) in [5.74, 6) is 0.965. The van der Waals surface area contributed by atoms with Gasteiger partial charge in [0, 0.05) is 16.0 Å². The molecule has 4 rings (SSSR count). The number of halogens is 1. The molecule has 0 fully saturated rings. The smallest absolute Gasteiger partial charge is 0.134 e. The van der Waals surface area contributed by atoms with Gasteiger partial charge in [0.1, 0.15) is 5.75 Å². The molecule has 1 aliphatic heterocycles. The summed E-state index contributed by atoms with van der Waals surface area (Å²) in [7, 11) is 0. The number of fused-ring (bicyclic) bond motifs is 3. The molecule has 4 heteroatoms. The van der Waals surface area contributed by atoms with Gasteiger partial charge in [0.05, 0.1) is 22.7 Å². The first kappa shape index (κ1) is 12.2. The van der Waals surface area contributed by atoms with E-state index < -0.39 is 0 Å². The van der Waals surface area contributed by atoms with Crippen molar-refractivity contribution < 1.29 is 4.74 Å². The number of hydrogen-bond acceptors (Lipinski definition) is 3. The minimum atomic E-state index is 0.722. The van der Waals surface area contributed by atoms with E-state index in [2.05, 4.69) is 17.5 Å². The maximum absolute atomic E-state index is 6.12. The van der Waals surface area contributed by atoms with Gasteiger partial charge in [0.25, 0.3) is 0 Å². The standard InChI is InChI=1S/C16H12ClNOS/c17-10-5-6-13-12(9-10)16-11(3-1-7-19-16)15(18-13)14-4-2-8-20-14/h2,4-6,8-9H,1,3,7H2. The topological polar surface area (TPSA) is 22.1 Å². The van der Waals surface area contributed by atoms with Crippen LogP contribution in [0.15, 0.2) is 35.7 Å². The van der Waals surface area contributed by atoms with Crippen LogP contribution in [0.1, 0.15) is 12.0 Å². The third-order valence-corrected chi connectivity index (χ3v) is 4.68. The number of pyridine rings is 1. The lowest BCUT2D eigenvalue weighted by molar-refractivity contribution is 0.292. The van der Waals surface area contributed by atoms with Gasteiger partial charge in [-0.05, 0) is 42.5 Å². The molecule has 0 unspecified atom stereocenters. The van der Waals surface area contributed by atoms with Crippen molar-refractivity contribution in [2.24, 2.45) is 0 Å². The van der Waals surface area contributed by atoms with Gasteiger partial charge >= 0.3 is 0 Å². The van der Waals surface area contributed by atoms with Crippen LogP contribution >= 0.6 is 22.9 Å². The van der Waals surface area contributed by atoms with Gasteiger partial charge in [-0.2, -0.15) is 0 Å². The molecule has 2 nitrogen and oxygen atoms in total. The van der Waals surface area contributed by atoms with E-state index in [1.807, 2.05) is 18.2 Å². The molecule has 100 valence electrons. The summed E-state index contributed by atoms with van der Waals surface area (Å²) < 4.78 is 5.94. The summed E-state index contributed by atoms with van der Waals surface area (Å²) in [6.07, 6.45) is 2.05. The molecule has 0 bridgehead atoms. The van der Waals surface area contributed by atoms with Crippen molar-refractivity contribution in [1.82, 2.24) is 4.98 Å². The maximum atomic E-state index is 6.12. The van der Waals surface area contributed by atoms with Crippen molar-refractivity contribution in [3.05, 3.63) is 46.3 Å².